The molecule has 1 unspecified atom stereocenters. The van der Waals surface area contributed by atoms with Crippen molar-refractivity contribution in [3.8, 4) is 0 Å². The van der Waals surface area contributed by atoms with Gasteiger partial charge in [0, 0.05) is 5.22 Å². The fourth-order valence-electron chi connectivity index (χ4n) is 3.06. The molecule has 8 heteroatoms. The van der Waals surface area contributed by atoms with Crippen LogP contribution in [0.1, 0.15) is 15.2 Å². The number of amidine groups is 1. The van der Waals surface area contributed by atoms with Crippen molar-refractivity contribution in [2.45, 2.75) is 0 Å². The van der Waals surface area contributed by atoms with Crippen LogP contribution < -0.4 is 26.9 Å². The van der Waals surface area contributed by atoms with Crippen LogP contribution in [0.25, 0.3) is 5.57 Å². The van der Waals surface area contributed by atoms with Gasteiger partial charge in [0.25, 0.3) is 5.91 Å². The summed E-state index contributed by atoms with van der Waals surface area (Å²) in [5, 5.41) is 0.629. The molecule has 1 amide bonds. The van der Waals surface area contributed by atoms with Crippen molar-refractivity contribution in [1.29, 1.82) is 0 Å². The van der Waals surface area contributed by atoms with E-state index in [0.29, 0.717) is 21.4 Å². The Morgan fingerprint density at radius 1 is 1.29 bits per heavy atom. The number of hydrazine groups is 1. The van der Waals surface area contributed by atoms with E-state index >= 15 is 0 Å². The number of rotatable bonds is 2. The number of anilines is 1. The van der Waals surface area contributed by atoms with Crippen molar-refractivity contribution >= 4 is 40.1 Å². The molecule has 0 spiro atoms. The number of nitrogens with one attached hydrogen (secondary N) is 1. The summed E-state index contributed by atoms with van der Waals surface area (Å²) < 4.78 is 0.578. The van der Waals surface area contributed by atoms with Crippen LogP contribution in [-0.4, -0.2) is 24.1 Å². The van der Waals surface area contributed by atoms with Crippen LogP contribution in [0.2, 0.25) is 0 Å². The summed E-state index contributed by atoms with van der Waals surface area (Å²) in [4.78, 5) is 33.3. The molecule has 24 heavy (non-hydrogen) atoms. The van der Waals surface area contributed by atoms with Crippen LogP contribution in [0, 0.1) is 5.92 Å². The third-order valence-electron chi connectivity index (χ3n) is 4.10. The van der Waals surface area contributed by atoms with Crippen molar-refractivity contribution in [3.05, 3.63) is 50.7 Å². The van der Waals surface area contributed by atoms with Gasteiger partial charge in [-0.15, -0.1) is 11.3 Å². The molecule has 2 aromatic rings. The number of amides is 1. The van der Waals surface area contributed by atoms with Crippen LogP contribution in [0.4, 0.5) is 5.69 Å². The molecule has 2 aliphatic rings. The van der Waals surface area contributed by atoms with E-state index in [1.165, 1.54) is 0 Å². The number of carbonyl (C=O) groups excluding carboxylic acids is 2. The smallest absolute Gasteiger partial charge is 0.277 e. The highest BCUT2D eigenvalue weighted by molar-refractivity contribution is 7.12. The SMILES string of the molecule is NNC(=O)c1sc2c(c1N)=C(c1ccccc1)C1C(=O)CN=C1N=2. The average molecular weight is 339 g/mol. The maximum absolute atomic E-state index is 12.4. The van der Waals surface area contributed by atoms with Gasteiger partial charge in [0.2, 0.25) is 0 Å². The fourth-order valence-corrected chi connectivity index (χ4v) is 4.08. The number of nitrogens with two attached hydrogens (primary N) is 2. The van der Waals surface area contributed by atoms with E-state index in [-0.39, 0.29) is 17.2 Å². The van der Waals surface area contributed by atoms with E-state index in [0.717, 1.165) is 22.5 Å². The predicted octanol–water partition coefficient (Wildman–Crippen LogP) is -0.637. The summed E-state index contributed by atoms with van der Waals surface area (Å²) in [6.07, 6.45) is 0. The van der Waals surface area contributed by atoms with Gasteiger partial charge in [0.05, 0.1) is 5.69 Å². The van der Waals surface area contributed by atoms with E-state index in [2.05, 4.69) is 15.4 Å². The van der Waals surface area contributed by atoms with Crippen LogP contribution in [0.5, 0.6) is 0 Å². The second-order valence-electron chi connectivity index (χ2n) is 5.46. The lowest BCUT2D eigenvalue weighted by Gasteiger charge is -2.17. The summed E-state index contributed by atoms with van der Waals surface area (Å²) in [5.74, 6) is 4.67. The first-order valence-corrected chi connectivity index (χ1v) is 8.08. The molecule has 0 fully saturated rings. The lowest BCUT2D eigenvalue weighted by Crippen LogP contribution is -2.37. The Bertz CT molecular complexity index is 1020. The number of thiophene rings is 1. The number of hydrogen-bond acceptors (Lipinski definition) is 7. The summed E-state index contributed by atoms with van der Waals surface area (Å²) in [5.41, 5.74) is 10.2. The van der Waals surface area contributed by atoms with Gasteiger partial charge < -0.3 is 5.73 Å². The molecule has 1 atom stereocenters. The first-order valence-electron chi connectivity index (χ1n) is 7.26. The molecule has 0 radical (unpaired) electrons. The number of hydrogen-bond donors (Lipinski definition) is 3. The Morgan fingerprint density at radius 3 is 2.75 bits per heavy atom. The number of carbonyl (C=O) groups is 2. The molecule has 1 aromatic heterocycles. The minimum absolute atomic E-state index is 0.0197. The highest BCUT2D eigenvalue weighted by Gasteiger charge is 2.37. The largest absolute Gasteiger partial charge is 0.397 e. The standard InChI is InChI=1S/C16H13N5O2S/c17-12-11-9(7-4-2-1-3-5-7)10-8(22)6-19-14(10)20-16(11)24-13(12)15(23)21-18/h1-5,10H,6,17-18H2,(H,21,23). The maximum Gasteiger partial charge on any atom is 0.277 e. The highest BCUT2D eigenvalue weighted by atomic mass is 32.1. The van der Waals surface area contributed by atoms with Crippen molar-refractivity contribution in [2.75, 3.05) is 12.3 Å². The predicted molar refractivity (Wildman–Crippen MR) is 90.9 cm³/mol. The summed E-state index contributed by atoms with van der Waals surface area (Å²) in [6, 6.07) is 9.49. The van der Waals surface area contributed by atoms with E-state index in [9.17, 15) is 9.59 Å². The number of fused-ring (bicyclic) bond motifs is 2. The molecule has 120 valence electrons. The summed E-state index contributed by atoms with van der Waals surface area (Å²) >= 11 is 1.15. The monoisotopic (exact) mass is 339 g/mol. The zero-order valence-corrected chi connectivity index (χ0v) is 13.3. The summed E-state index contributed by atoms with van der Waals surface area (Å²) in [6.45, 7) is 0.116. The highest BCUT2D eigenvalue weighted by Crippen LogP contribution is 2.30. The first-order chi connectivity index (χ1) is 11.6. The Labute approximate surface area is 140 Å². The molecule has 7 nitrogen and oxygen atoms in total. The zero-order valence-electron chi connectivity index (χ0n) is 12.4. The molecule has 4 rings (SSSR count). The number of Topliss-reactive ketones (excluding diaryl/α,β-unsaturated/α-hetero) is 1. The Hall–Kier alpha value is -2.84. The third-order valence-corrected chi connectivity index (χ3v) is 5.20. The molecule has 0 saturated carbocycles. The van der Waals surface area contributed by atoms with Gasteiger partial charge in [-0.3, -0.25) is 20.0 Å². The lowest BCUT2D eigenvalue weighted by atomic mass is 9.87. The number of benzene rings is 1. The second-order valence-corrected chi connectivity index (χ2v) is 6.46. The Morgan fingerprint density at radius 2 is 2.04 bits per heavy atom. The average Bonchev–Trinajstić information content (AvgIpc) is 3.14. The molecule has 0 saturated heterocycles. The summed E-state index contributed by atoms with van der Waals surface area (Å²) in [7, 11) is 0. The number of ketones is 1. The lowest BCUT2D eigenvalue weighted by molar-refractivity contribution is -0.117. The molecule has 5 N–H and O–H groups in total. The van der Waals surface area contributed by atoms with Gasteiger partial charge in [0.15, 0.2) is 5.78 Å². The fraction of sp³-hybridized carbons (Fsp3) is 0.125. The van der Waals surface area contributed by atoms with Crippen LogP contribution in [0.3, 0.4) is 0 Å². The van der Waals surface area contributed by atoms with Crippen molar-refractivity contribution in [1.82, 2.24) is 5.43 Å². The molecule has 3 heterocycles. The quantitative estimate of drug-likeness (QED) is 0.383. The molecular formula is C16H13N5O2S. The number of aliphatic imine (C=N–C) groups is 1. The Kier molecular flexibility index (Phi) is 3.29. The van der Waals surface area contributed by atoms with Crippen molar-refractivity contribution < 1.29 is 9.59 Å². The molecule has 0 aliphatic carbocycles. The number of nitrogen functional groups attached to an aromatic ring is 2. The van der Waals surface area contributed by atoms with E-state index in [1.807, 2.05) is 30.3 Å². The van der Waals surface area contributed by atoms with Crippen LogP contribution >= 0.6 is 11.3 Å². The topological polar surface area (TPSA) is 123 Å². The normalized spacial score (nSPS) is 18.5. The minimum Gasteiger partial charge on any atom is -0.397 e. The van der Waals surface area contributed by atoms with E-state index < -0.39 is 11.8 Å². The molecule has 1 aromatic carbocycles. The van der Waals surface area contributed by atoms with Crippen molar-refractivity contribution in [2.24, 2.45) is 21.7 Å². The first kappa shape index (κ1) is 14.7. The Balaban J connectivity index is 2.13. The van der Waals surface area contributed by atoms with Crippen molar-refractivity contribution in [3.63, 3.8) is 0 Å². The molecular weight excluding hydrogens is 326 g/mol. The maximum atomic E-state index is 12.4. The zero-order chi connectivity index (χ0) is 16.8. The molecule has 0 bridgehead atoms. The molecule has 2 aliphatic heterocycles. The van der Waals surface area contributed by atoms with E-state index in [4.69, 9.17) is 11.6 Å². The van der Waals surface area contributed by atoms with Gasteiger partial charge in [-0.05, 0) is 11.1 Å². The van der Waals surface area contributed by atoms with Gasteiger partial charge in [-0.25, -0.2) is 10.8 Å². The third kappa shape index (κ3) is 2.00. The van der Waals surface area contributed by atoms with Gasteiger partial charge >= 0.3 is 0 Å². The van der Waals surface area contributed by atoms with Gasteiger partial charge in [-0.2, -0.15) is 0 Å². The number of nitrogens with zero attached hydrogens (tertiary/aromatic N) is 2. The van der Waals surface area contributed by atoms with E-state index in [1.54, 1.807) is 0 Å². The second kappa shape index (κ2) is 5.36. The van der Waals surface area contributed by atoms with Gasteiger partial charge in [-0.1, -0.05) is 30.3 Å². The minimum atomic E-state index is -0.536. The van der Waals surface area contributed by atoms with Gasteiger partial charge in [0.1, 0.15) is 27.8 Å². The van der Waals surface area contributed by atoms with Crippen LogP contribution in [0.15, 0.2) is 40.3 Å². The van der Waals surface area contributed by atoms with Crippen LogP contribution in [-0.2, 0) is 4.79 Å².